The SMILES string of the molecule is CCCCc1nc(C2CCNCC2)cn1-c1ccc(Oc2ccc(Cl)cc2)cc1. The van der Waals surface area contributed by atoms with Gasteiger partial charge < -0.3 is 14.6 Å². The zero-order chi connectivity index (χ0) is 20.1. The van der Waals surface area contributed by atoms with Gasteiger partial charge in [-0.25, -0.2) is 4.98 Å². The van der Waals surface area contributed by atoms with Crippen molar-refractivity contribution in [1.29, 1.82) is 0 Å². The second-order valence-corrected chi connectivity index (χ2v) is 8.07. The second-order valence-electron chi connectivity index (χ2n) is 7.63. The molecule has 2 heterocycles. The third-order valence-electron chi connectivity index (χ3n) is 5.47. The normalized spacial score (nSPS) is 14.8. The van der Waals surface area contributed by atoms with Crippen molar-refractivity contribution in [3.8, 4) is 17.2 Å². The number of nitrogens with one attached hydrogen (secondary N) is 1. The monoisotopic (exact) mass is 409 g/mol. The molecule has 152 valence electrons. The maximum Gasteiger partial charge on any atom is 0.127 e. The number of benzene rings is 2. The fraction of sp³-hybridized carbons (Fsp3) is 0.375. The molecule has 4 nitrogen and oxygen atoms in total. The first kappa shape index (κ1) is 20.0. The van der Waals surface area contributed by atoms with Gasteiger partial charge in [0.05, 0.1) is 5.69 Å². The molecule has 1 aromatic heterocycles. The number of rotatable bonds is 7. The van der Waals surface area contributed by atoms with Crippen LogP contribution in [0.4, 0.5) is 0 Å². The Balaban J connectivity index is 1.55. The number of nitrogens with zero attached hydrogens (tertiary/aromatic N) is 2. The van der Waals surface area contributed by atoms with Crippen molar-refractivity contribution in [2.45, 2.75) is 44.9 Å². The Morgan fingerprint density at radius 1 is 1.03 bits per heavy atom. The van der Waals surface area contributed by atoms with Crippen LogP contribution in [0.3, 0.4) is 0 Å². The molecule has 0 saturated carbocycles. The molecule has 0 radical (unpaired) electrons. The first-order valence-corrected chi connectivity index (χ1v) is 10.9. The number of hydrogen-bond acceptors (Lipinski definition) is 3. The fourth-order valence-electron chi connectivity index (χ4n) is 3.80. The van der Waals surface area contributed by atoms with Crippen LogP contribution in [-0.2, 0) is 6.42 Å². The summed E-state index contributed by atoms with van der Waals surface area (Å²) in [5.41, 5.74) is 2.37. The van der Waals surface area contributed by atoms with Crippen molar-refractivity contribution >= 4 is 11.6 Å². The Hall–Kier alpha value is -2.30. The maximum atomic E-state index is 5.94. The van der Waals surface area contributed by atoms with Crippen LogP contribution >= 0.6 is 11.6 Å². The number of imidazole rings is 1. The summed E-state index contributed by atoms with van der Waals surface area (Å²) in [4.78, 5) is 5.04. The molecule has 2 aromatic carbocycles. The van der Waals surface area contributed by atoms with Crippen LogP contribution in [0.1, 0.15) is 50.0 Å². The standard InChI is InChI=1S/C24H28ClN3O/c1-2-3-4-24-27-23(18-13-15-26-16-14-18)17-28(24)20-7-11-22(12-8-20)29-21-9-5-19(25)6-10-21/h5-12,17-18,26H,2-4,13-16H2,1H3. The van der Waals surface area contributed by atoms with Gasteiger partial charge in [0, 0.05) is 29.2 Å². The van der Waals surface area contributed by atoms with Gasteiger partial charge in [0.25, 0.3) is 0 Å². The molecular formula is C24H28ClN3O. The van der Waals surface area contributed by atoms with Gasteiger partial charge in [-0.05, 0) is 80.9 Å². The minimum absolute atomic E-state index is 0.561. The minimum Gasteiger partial charge on any atom is -0.457 e. The summed E-state index contributed by atoms with van der Waals surface area (Å²) in [6.07, 6.45) is 7.90. The number of piperidine rings is 1. The topological polar surface area (TPSA) is 39.1 Å². The number of ether oxygens (including phenoxy) is 1. The molecule has 1 fully saturated rings. The zero-order valence-corrected chi connectivity index (χ0v) is 17.7. The lowest BCUT2D eigenvalue weighted by atomic mass is 9.95. The highest BCUT2D eigenvalue weighted by molar-refractivity contribution is 6.30. The number of unbranched alkanes of at least 4 members (excludes halogenated alkanes) is 1. The highest BCUT2D eigenvalue weighted by Gasteiger charge is 2.20. The number of aromatic nitrogens is 2. The van der Waals surface area contributed by atoms with Crippen molar-refractivity contribution in [3.05, 3.63) is 71.3 Å². The molecule has 3 aromatic rings. The van der Waals surface area contributed by atoms with Crippen LogP contribution in [0.2, 0.25) is 5.02 Å². The van der Waals surface area contributed by atoms with Crippen LogP contribution in [0.5, 0.6) is 11.5 Å². The van der Waals surface area contributed by atoms with Crippen molar-refractivity contribution in [3.63, 3.8) is 0 Å². The highest BCUT2D eigenvalue weighted by Crippen LogP contribution is 2.28. The second kappa shape index (κ2) is 9.47. The summed E-state index contributed by atoms with van der Waals surface area (Å²) in [7, 11) is 0. The van der Waals surface area contributed by atoms with Gasteiger partial charge in [-0.15, -0.1) is 0 Å². The molecule has 0 atom stereocenters. The minimum atomic E-state index is 0.561. The van der Waals surface area contributed by atoms with Crippen LogP contribution in [0.25, 0.3) is 5.69 Å². The quantitative estimate of drug-likeness (QED) is 0.510. The molecule has 4 rings (SSSR count). The maximum absolute atomic E-state index is 5.94. The van der Waals surface area contributed by atoms with E-state index in [1.807, 2.05) is 36.4 Å². The molecule has 0 bridgehead atoms. The summed E-state index contributed by atoms with van der Waals surface area (Å²) in [6, 6.07) is 15.7. The van der Waals surface area contributed by atoms with Crippen LogP contribution < -0.4 is 10.1 Å². The predicted molar refractivity (Wildman–Crippen MR) is 119 cm³/mol. The van der Waals surface area contributed by atoms with E-state index in [2.05, 4.69) is 35.1 Å². The van der Waals surface area contributed by atoms with Crippen molar-refractivity contribution in [2.24, 2.45) is 0 Å². The molecule has 0 unspecified atom stereocenters. The Kier molecular flexibility index (Phi) is 6.53. The summed E-state index contributed by atoms with van der Waals surface area (Å²) < 4.78 is 8.19. The van der Waals surface area contributed by atoms with Crippen LogP contribution in [-0.4, -0.2) is 22.6 Å². The zero-order valence-electron chi connectivity index (χ0n) is 16.9. The van der Waals surface area contributed by atoms with E-state index in [9.17, 15) is 0 Å². The number of hydrogen-bond donors (Lipinski definition) is 1. The molecule has 0 aliphatic carbocycles. The van der Waals surface area contributed by atoms with Gasteiger partial charge in [0.2, 0.25) is 0 Å². The van der Waals surface area contributed by atoms with Crippen LogP contribution in [0, 0.1) is 0 Å². The Labute approximate surface area is 177 Å². The van der Waals surface area contributed by atoms with E-state index < -0.39 is 0 Å². The van der Waals surface area contributed by atoms with Crippen molar-refractivity contribution in [1.82, 2.24) is 14.9 Å². The van der Waals surface area contributed by atoms with Gasteiger partial charge in [0.15, 0.2) is 0 Å². The molecule has 1 N–H and O–H groups in total. The molecule has 0 amide bonds. The summed E-state index contributed by atoms with van der Waals surface area (Å²) in [5.74, 6) is 3.31. The molecule has 1 aliphatic rings. The van der Waals surface area contributed by atoms with E-state index in [0.717, 1.165) is 61.8 Å². The van der Waals surface area contributed by atoms with E-state index in [1.165, 1.54) is 12.1 Å². The largest absolute Gasteiger partial charge is 0.457 e. The first-order valence-electron chi connectivity index (χ1n) is 10.6. The smallest absolute Gasteiger partial charge is 0.127 e. The summed E-state index contributed by atoms with van der Waals surface area (Å²) >= 11 is 5.94. The lowest BCUT2D eigenvalue weighted by molar-refractivity contribution is 0.454. The summed E-state index contributed by atoms with van der Waals surface area (Å²) in [5, 5.41) is 4.15. The van der Waals surface area contributed by atoms with E-state index in [4.69, 9.17) is 21.3 Å². The molecule has 5 heteroatoms. The first-order chi connectivity index (χ1) is 14.2. The third kappa shape index (κ3) is 5.01. The Morgan fingerprint density at radius 3 is 2.34 bits per heavy atom. The van der Waals surface area contributed by atoms with E-state index >= 15 is 0 Å². The number of aryl methyl sites for hydroxylation is 1. The third-order valence-corrected chi connectivity index (χ3v) is 5.73. The lowest BCUT2D eigenvalue weighted by Crippen LogP contribution is -2.26. The van der Waals surface area contributed by atoms with Gasteiger partial charge in [0.1, 0.15) is 17.3 Å². The summed E-state index contributed by atoms with van der Waals surface area (Å²) in [6.45, 7) is 4.39. The molecular weight excluding hydrogens is 382 g/mol. The average molecular weight is 410 g/mol. The van der Waals surface area contributed by atoms with Crippen LogP contribution in [0.15, 0.2) is 54.7 Å². The average Bonchev–Trinajstić information content (AvgIpc) is 3.19. The lowest BCUT2D eigenvalue weighted by Gasteiger charge is -2.20. The van der Waals surface area contributed by atoms with Crippen molar-refractivity contribution < 1.29 is 4.74 Å². The van der Waals surface area contributed by atoms with Crippen molar-refractivity contribution in [2.75, 3.05) is 13.1 Å². The molecule has 1 saturated heterocycles. The van der Waals surface area contributed by atoms with E-state index in [-0.39, 0.29) is 0 Å². The van der Waals surface area contributed by atoms with Gasteiger partial charge in [-0.1, -0.05) is 24.9 Å². The molecule has 0 spiro atoms. The Morgan fingerprint density at radius 2 is 1.69 bits per heavy atom. The van der Waals surface area contributed by atoms with Gasteiger partial charge in [-0.3, -0.25) is 0 Å². The number of halogens is 1. The highest BCUT2D eigenvalue weighted by atomic mass is 35.5. The molecule has 1 aliphatic heterocycles. The Bertz CT molecular complexity index is 912. The van der Waals surface area contributed by atoms with Gasteiger partial charge in [-0.2, -0.15) is 0 Å². The van der Waals surface area contributed by atoms with Gasteiger partial charge >= 0.3 is 0 Å². The predicted octanol–water partition coefficient (Wildman–Crippen LogP) is 6.13. The van der Waals surface area contributed by atoms with E-state index in [1.54, 1.807) is 0 Å². The van der Waals surface area contributed by atoms with E-state index in [0.29, 0.717) is 10.9 Å². The molecule has 29 heavy (non-hydrogen) atoms. The fourth-order valence-corrected chi connectivity index (χ4v) is 3.93.